The highest BCUT2D eigenvalue weighted by Crippen LogP contribution is 2.32. The lowest BCUT2D eigenvalue weighted by atomic mass is 9.92. The molecule has 0 saturated carbocycles. The second-order valence-corrected chi connectivity index (χ2v) is 7.18. The Morgan fingerprint density at radius 2 is 2.16 bits per heavy atom. The Kier molecular flexibility index (Phi) is 6.30. The number of aromatic nitrogens is 3. The molecule has 0 saturated heterocycles. The third-order valence-corrected chi connectivity index (χ3v) is 3.95. The van der Waals surface area contributed by atoms with E-state index in [0.717, 1.165) is 4.68 Å². The van der Waals surface area contributed by atoms with Gasteiger partial charge in [-0.05, 0) is 39.3 Å². The molecule has 7 heteroatoms. The van der Waals surface area contributed by atoms with Gasteiger partial charge in [-0.3, -0.25) is 9.78 Å². The van der Waals surface area contributed by atoms with Crippen molar-refractivity contribution in [3.05, 3.63) is 41.2 Å². The SMILES string of the molecule is CCCC(C(=O)COC(C)(C)C)c1c(Cl)nn(-c2cccnc2)c1F. The second-order valence-electron chi connectivity index (χ2n) is 6.83. The first-order valence-corrected chi connectivity index (χ1v) is 8.63. The van der Waals surface area contributed by atoms with Gasteiger partial charge in [0.05, 0.1) is 29.0 Å². The molecule has 0 spiro atoms. The number of carbonyl (C=O) groups is 1. The van der Waals surface area contributed by atoms with Gasteiger partial charge in [-0.25, -0.2) is 4.68 Å². The first-order chi connectivity index (χ1) is 11.7. The smallest absolute Gasteiger partial charge is 0.221 e. The molecule has 1 unspecified atom stereocenters. The van der Waals surface area contributed by atoms with Gasteiger partial charge in [-0.15, -0.1) is 0 Å². The van der Waals surface area contributed by atoms with Crippen molar-refractivity contribution < 1.29 is 13.9 Å². The molecule has 0 bridgehead atoms. The van der Waals surface area contributed by atoms with E-state index >= 15 is 0 Å². The van der Waals surface area contributed by atoms with Crippen molar-refractivity contribution in [2.45, 2.75) is 52.1 Å². The molecule has 2 aromatic heterocycles. The van der Waals surface area contributed by atoms with E-state index in [-0.39, 0.29) is 23.1 Å². The van der Waals surface area contributed by atoms with E-state index in [1.807, 2.05) is 27.7 Å². The maximum Gasteiger partial charge on any atom is 0.221 e. The van der Waals surface area contributed by atoms with Crippen molar-refractivity contribution in [1.29, 1.82) is 0 Å². The summed E-state index contributed by atoms with van der Waals surface area (Å²) in [7, 11) is 0. The molecule has 2 rings (SSSR count). The molecule has 136 valence electrons. The van der Waals surface area contributed by atoms with Crippen LogP contribution >= 0.6 is 11.6 Å². The predicted octanol–water partition coefficient (Wildman–Crippen LogP) is 4.33. The van der Waals surface area contributed by atoms with Gasteiger partial charge in [0.25, 0.3) is 0 Å². The number of ether oxygens (including phenoxy) is 1. The van der Waals surface area contributed by atoms with Gasteiger partial charge in [-0.1, -0.05) is 24.9 Å². The highest BCUT2D eigenvalue weighted by molar-refractivity contribution is 6.30. The number of rotatable bonds is 7. The van der Waals surface area contributed by atoms with Gasteiger partial charge in [0, 0.05) is 6.20 Å². The zero-order valence-corrected chi connectivity index (χ0v) is 15.7. The minimum Gasteiger partial charge on any atom is -0.368 e. The molecule has 0 aliphatic heterocycles. The van der Waals surface area contributed by atoms with Crippen LogP contribution in [0.5, 0.6) is 0 Å². The fraction of sp³-hybridized carbons (Fsp3) is 0.500. The monoisotopic (exact) mass is 367 g/mol. The van der Waals surface area contributed by atoms with Gasteiger partial charge in [0.2, 0.25) is 5.95 Å². The number of halogens is 2. The Balaban J connectivity index is 2.35. The Hall–Kier alpha value is -1.79. The molecule has 0 fully saturated rings. The summed E-state index contributed by atoms with van der Waals surface area (Å²) in [5.41, 5.74) is 0.117. The van der Waals surface area contributed by atoms with E-state index in [4.69, 9.17) is 16.3 Å². The summed E-state index contributed by atoms with van der Waals surface area (Å²) < 4.78 is 21.6. The zero-order valence-electron chi connectivity index (χ0n) is 14.9. The van der Waals surface area contributed by atoms with Crippen LogP contribution < -0.4 is 0 Å². The standard InChI is InChI=1S/C18H23ClFN3O2/c1-5-7-13(14(24)11-25-18(2,3)4)15-16(19)22-23(17(15)20)12-8-6-9-21-10-12/h6,8-10,13H,5,7,11H2,1-4H3. The fourth-order valence-corrected chi connectivity index (χ4v) is 2.75. The summed E-state index contributed by atoms with van der Waals surface area (Å²) in [4.78, 5) is 16.6. The first-order valence-electron chi connectivity index (χ1n) is 8.25. The van der Waals surface area contributed by atoms with Crippen LogP contribution in [0.15, 0.2) is 24.5 Å². The summed E-state index contributed by atoms with van der Waals surface area (Å²) in [5.74, 6) is -1.53. The molecular formula is C18H23ClFN3O2. The van der Waals surface area contributed by atoms with Crippen LogP contribution in [0.2, 0.25) is 5.15 Å². The maximum absolute atomic E-state index is 15.0. The zero-order chi connectivity index (χ0) is 18.6. The van der Waals surface area contributed by atoms with Crippen molar-refractivity contribution in [2.75, 3.05) is 6.61 Å². The van der Waals surface area contributed by atoms with E-state index in [1.165, 1.54) is 6.20 Å². The first kappa shape index (κ1) is 19.5. The summed E-state index contributed by atoms with van der Waals surface area (Å²) in [5, 5.41) is 4.04. The number of hydrogen-bond acceptors (Lipinski definition) is 4. The Bertz CT molecular complexity index is 726. The van der Waals surface area contributed by atoms with Crippen molar-refractivity contribution in [3.8, 4) is 5.69 Å². The van der Waals surface area contributed by atoms with Crippen LogP contribution in [-0.2, 0) is 9.53 Å². The van der Waals surface area contributed by atoms with Crippen LogP contribution in [0.25, 0.3) is 5.69 Å². The van der Waals surface area contributed by atoms with Crippen molar-refractivity contribution >= 4 is 17.4 Å². The highest BCUT2D eigenvalue weighted by atomic mass is 35.5. The van der Waals surface area contributed by atoms with E-state index in [9.17, 15) is 9.18 Å². The molecule has 0 N–H and O–H groups in total. The number of hydrogen-bond donors (Lipinski definition) is 0. The normalized spacial score (nSPS) is 13.0. The summed E-state index contributed by atoms with van der Waals surface area (Å²) in [6, 6.07) is 3.35. The molecule has 0 aliphatic rings. The van der Waals surface area contributed by atoms with E-state index in [2.05, 4.69) is 10.1 Å². The minimum atomic E-state index is -0.690. The van der Waals surface area contributed by atoms with Crippen molar-refractivity contribution in [2.24, 2.45) is 0 Å². The lowest BCUT2D eigenvalue weighted by Crippen LogP contribution is -2.27. The van der Waals surface area contributed by atoms with Crippen LogP contribution in [0, 0.1) is 5.95 Å². The highest BCUT2D eigenvalue weighted by Gasteiger charge is 2.30. The number of carbonyl (C=O) groups excluding carboxylic acids is 1. The summed E-state index contributed by atoms with van der Waals surface area (Å²) in [6.07, 6.45) is 4.25. The third-order valence-electron chi connectivity index (χ3n) is 3.67. The van der Waals surface area contributed by atoms with Crippen LogP contribution in [0.3, 0.4) is 0 Å². The Labute approximate surface area is 152 Å². The minimum absolute atomic E-state index is 0.0103. The maximum atomic E-state index is 15.0. The number of pyridine rings is 1. The number of nitrogens with zero attached hydrogens (tertiary/aromatic N) is 3. The third kappa shape index (κ3) is 4.86. The summed E-state index contributed by atoms with van der Waals surface area (Å²) in [6.45, 7) is 7.43. The van der Waals surface area contributed by atoms with Crippen LogP contribution in [-0.4, -0.2) is 32.8 Å². The average Bonchev–Trinajstić information content (AvgIpc) is 2.85. The largest absolute Gasteiger partial charge is 0.368 e. The number of ketones is 1. The molecular weight excluding hydrogens is 345 g/mol. The van der Waals surface area contributed by atoms with Crippen LogP contribution in [0.4, 0.5) is 4.39 Å². The molecule has 1 atom stereocenters. The molecule has 25 heavy (non-hydrogen) atoms. The Morgan fingerprint density at radius 1 is 1.44 bits per heavy atom. The van der Waals surface area contributed by atoms with Gasteiger partial charge in [-0.2, -0.15) is 9.49 Å². The molecule has 2 aromatic rings. The van der Waals surface area contributed by atoms with Gasteiger partial charge in [0.15, 0.2) is 10.9 Å². The molecule has 2 heterocycles. The van der Waals surface area contributed by atoms with Crippen molar-refractivity contribution in [3.63, 3.8) is 0 Å². The molecule has 0 radical (unpaired) electrons. The molecule has 5 nitrogen and oxygen atoms in total. The quantitative estimate of drug-likeness (QED) is 0.731. The summed E-state index contributed by atoms with van der Waals surface area (Å²) >= 11 is 6.18. The molecule has 0 aromatic carbocycles. The van der Waals surface area contributed by atoms with E-state index in [1.54, 1.807) is 18.3 Å². The second kappa shape index (κ2) is 8.06. The Morgan fingerprint density at radius 3 is 2.72 bits per heavy atom. The van der Waals surface area contributed by atoms with Gasteiger partial charge in [0.1, 0.15) is 6.61 Å². The predicted molar refractivity (Wildman–Crippen MR) is 94.7 cm³/mol. The van der Waals surface area contributed by atoms with Crippen LogP contribution in [0.1, 0.15) is 52.0 Å². The molecule has 0 amide bonds. The van der Waals surface area contributed by atoms with Gasteiger partial charge < -0.3 is 4.74 Å². The topological polar surface area (TPSA) is 57.0 Å². The van der Waals surface area contributed by atoms with E-state index < -0.39 is 17.5 Å². The lowest BCUT2D eigenvalue weighted by Gasteiger charge is -2.21. The number of Topliss-reactive ketones (excluding diaryl/α,β-unsaturated/α-hetero) is 1. The fourth-order valence-electron chi connectivity index (χ4n) is 2.47. The van der Waals surface area contributed by atoms with Crippen molar-refractivity contribution in [1.82, 2.24) is 14.8 Å². The lowest BCUT2D eigenvalue weighted by molar-refractivity contribution is -0.130. The van der Waals surface area contributed by atoms with Gasteiger partial charge >= 0.3 is 0 Å². The molecule has 0 aliphatic carbocycles. The average molecular weight is 368 g/mol. The van der Waals surface area contributed by atoms with E-state index in [0.29, 0.717) is 18.5 Å².